The first-order chi connectivity index (χ1) is 9.20. The number of ether oxygens (including phenoxy) is 1. The van der Waals surface area contributed by atoms with Crippen LogP contribution in [0.5, 0.6) is 0 Å². The number of benzene rings is 1. The van der Waals surface area contributed by atoms with E-state index >= 15 is 0 Å². The van der Waals surface area contributed by atoms with Gasteiger partial charge in [0.2, 0.25) is 0 Å². The van der Waals surface area contributed by atoms with Gasteiger partial charge in [-0.2, -0.15) is 0 Å². The SMILES string of the molecule is Cc1ccccc1SCC(=O)C(C)C(=O)OC(C)(C)C. The zero-order chi connectivity index (χ0) is 15.3. The van der Waals surface area contributed by atoms with Crippen molar-refractivity contribution in [2.24, 2.45) is 5.92 Å². The van der Waals surface area contributed by atoms with Crippen LogP contribution in [-0.2, 0) is 14.3 Å². The molecule has 0 aromatic heterocycles. The smallest absolute Gasteiger partial charge is 0.316 e. The van der Waals surface area contributed by atoms with Crippen LogP contribution in [-0.4, -0.2) is 23.1 Å². The first-order valence-corrected chi connectivity index (χ1v) is 7.63. The zero-order valence-electron chi connectivity index (χ0n) is 12.7. The molecular formula is C16H22O3S. The summed E-state index contributed by atoms with van der Waals surface area (Å²) < 4.78 is 5.23. The monoisotopic (exact) mass is 294 g/mol. The molecule has 0 saturated carbocycles. The second-order valence-corrected chi connectivity index (χ2v) is 6.79. The van der Waals surface area contributed by atoms with Gasteiger partial charge in [0.05, 0.1) is 5.75 Å². The third-order valence-corrected chi connectivity index (χ3v) is 3.90. The Balaban J connectivity index is 2.55. The van der Waals surface area contributed by atoms with Crippen molar-refractivity contribution in [2.75, 3.05) is 5.75 Å². The highest BCUT2D eigenvalue weighted by molar-refractivity contribution is 8.00. The van der Waals surface area contributed by atoms with E-state index in [-0.39, 0.29) is 11.5 Å². The zero-order valence-corrected chi connectivity index (χ0v) is 13.5. The molecule has 3 nitrogen and oxygen atoms in total. The number of carbonyl (C=O) groups excluding carboxylic acids is 2. The minimum atomic E-state index is -0.717. The fourth-order valence-electron chi connectivity index (χ4n) is 1.51. The van der Waals surface area contributed by atoms with Crippen molar-refractivity contribution < 1.29 is 14.3 Å². The number of carbonyl (C=O) groups is 2. The van der Waals surface area contributed by atoms with Gasteiger partial charge in [0.15, 0.2) is 5.78 Å². The number of hydrogen-bond donors (Lipinski definition) is 0. The standard InChI is InChI=1S/C16H22O3S/c1-11-8-6-7-9-14(11)20-10-13(17)12(2)15(18)19-16(3,4)5/h6-9,12H,10H2,1-5H3. The number of Topliss-reactive ketones (excluding diaryl/α,β-unsaturated/α-hetero) is 1. The van der Waals surface area contributed by atoms with Crippen molar-refractivity contribution in [3.8, 4) is 0 Å². The Morgan fingerprint density at radius 1 is 1.25 bits per heavy atom. The van der Waals surface area contributed by atoms with Gasteiger partial charge in [0.1, 0.15) is 11.5 Å². The fourth-order valence-corrected chi connectivity index (χ4v) is 2.53. The molecule has 0 aliphatic carbocycles. The molecular weight excluding hydrogens is 272 g/mol. The molecule has 0 fully saturated rings. The molecule has 0 aliphatic rings. The lowest BCUT2D eigenvalue weighted by Gasteiger charge is -2.21. The maximum Gasteiger partial charge on any atom is 0.316 e. The number of aryl methyl sites for hydroxylation is 1. The van der Waals surface area contributed by atoms with Gasteiger partial charge in [-0.3, -0.25) is 9.59 Å². The van der Waals surface area contributed by atoms with E-state index in [0.29, 0.717) is 0 Å². The largest absolute Gasteiger partial charge is 0.459 e. The predicted octanol–water partition coefficient (Wildman–Crippen LogP) is 3.63. The van der Waals surface area contributed by atoms with Crippen LogP contribution in [0.2, 0.25) is 0 Å². The first-order valence-electron chi connectivity index (χ1n) is 6.64. The van der Waals surface area contributed by atoms with Crippen molar-refractivity contribution in [1.82, 2.24) is 0 Å². The maximum absolute atomic E-state index is 12.0. The van der Waals surface area contributed by atoms with E-state index in [0.717, 1.165) is 10.5 Å². The summed E-state index contributed by atoms with van der Waals surface area (Å²) >= 11 is 1.46. The highest BCUT2D eigenvalue weighted by atomic mass is 32.2. The summed E-state index contributed by atoms with van der Waals surface area (Å²) in [6.45, 7) is 9.00. The Labute approximate surface area is 125 Å². The highest BCUT2D eigenvalue weighted by Crippen LogP contribution is 2.23. The van der Waals surface area contributed by atoms with Crippen molar-refractivity contribution in [1.29, 1.82) is 0 Å². The third-order valence-electron chi connectivity index (χ3n) is 2.71. The van der Waals surface area contributed by atoms with Crippen molar-refractivity contribution in [2.45, 2.75) is 45.1 Å². The summed E-state index contributed by atoms with van der Waals surface area (Å²) in [5.41, 5.74) is 0.574. The highest BCUT2D eigenvalue weighted by Gasteiger charge is 2.26. The minimum Gasteiger partial charge on any atom is -0.459 e. The van der Waals surface area contributed by atoms with Gasteiger partial charge in [-0.1, -0.05) is 18.2 Å². The molecule has 0 aliphatic heterocycles. The quantitative estimate of drug-likeness (QED) is 0.472. The summed E-state index contributed by atoms with van der Waals surface area (Å²) in [6, 6.07) is 7.89. The summed E-state index contributed by atoms with van der Waals surface area (Å²) in [5, 5.41) is 0. The number of thioether (sulfide) groups is 1. The molecule has 1 atom stereocenters. The van der Waals surface area contributed by atoms with Crippen LogP contribution >= 0.6 is 11.8 Å². The molecule has 0 saturated heterocycles. The van der Waals surface area contributed by atoms with E-state index in [2.05, 4.69) is 0 Å². The topological polar surface area (TPSA) is 43.4 Å². The lowest BCUT2D eigenvalue weighted by atomic mass is 10.1. The molecule has 4 heteroatoms. The third kappa shape index (κ3) is 5.37. The summed E-state index contributed by atoms with van der Waals surface area (Å²) in [7, 11) is 0. The van der Waals surface area contributed by atoms with Gasteiger partial charge in [0.25, 0.3) is 0 Å². The van der Waals surface area contributed by atoms with Crippen LogP contribution in [0.3, 0.4) is 0 Å². The molecule has 0 N–H and O–H groups in total. The average molecular weight is 294 g/mol. The van der Waals surface area contributed by atoms with Gasteiger partial charge in [-0.05, 0) is 46.2 Å². The lowest BCUT2D eigenvalue weighted by Crippen LogP contribution is -2.31. The van der Waals surface area contributed by atoms with Gasteiger partial charge < -0.3 is 4.74 Å². The van der Waals surface area contributed by atoms with E-state index < -0.39 is 17.5 Å². The Morgan fingerprint density at radius 3 is 2.40 bits per heavy atom. The summed E-state index contributed by atoms with van der Waals surface area (Å²) in [4.78, 5) is 24.9. The molecule has 0 amide bonds. The second kappa shape index (κ2) is 6.93. The van der Waals surface area contributed by atoms with E-state index in [1.54, 1.807) is 27.7 Å². The number of rotatable bonds is 5. The van der Waals surface area contributed by atoms with Crippen LogP contribution in [0.1, 0.15) is 33.3 Å². The number of hydrogen-bond acceptors (Lipinski definition) is 4. The van der Waals surface area contributed by atoms with Crippen LogP contribution in [0.4, 0.5) is 0 Å². The fraction of sp³-hybridized carbons (Fsp3) is 0.500. The van der Waals surface area contributed by atoms with E-state index in [1.165, 1.54) is 11.8 Å². The molecule has 110 valence electrons. The molecule has 0 spiro atoms. The summed E-state index contributed by atoms with van der Waals surface area (Å²) in [5.74, 6) is -0.989. The number of ketones is 1. The van der Waals surface area contributed by atoms with Gasteiger partial charge in [-0.25, -0.2) is 0 Å². The molecule has 1 rings (SSSR count). The van der Waals surface area contributed by atoms with Gasteiger partial charge in [0, 0.05) is 4.90 Å². The second-order valence-electron chi connectivity index (χ2n) is 5.78. The van der Waals surface area contributed by atoms with E-state index in [4.69, 9.17) is 4.74 Å². The van der Waals surface area contributed by atoms with Crippen LogP contribution in [0.25, 0.3) is 0 Å². The molecule has 0 bridgehead atoms. The van der Waals surface area contributed by atoms with Gasteiger partial charge >= 0.3 is 5.97 Å². The average Bonchev–Trinajstić information content (AvgIpc) is 2.34. The Hall–Kier alpha value is -1.29. The maximum atomic E-state index is 12.0. The summed E-state index contributed by atoms with van der Waals surface area (Å²) in [6.07, 6.45) is 0. The molecule has 1 aromatic carbocycles. The predicted molar refractivity (Wildman–Crippen MR) is 81.9 cm³/mol. The Bertz CT molecular complexity index is 489. The Kier molecular flexibility index (Phi) is 5.81. The molecule has 1 unspecified atom stereocenters. The van der Waals surface area contributed by atoms with Crippen LogP contribution < -0.4 is 0 Å². The van der Waals surface area contributed by atoms with Crippen molar-refractivity contribution in [3.63, 3.8) is 0 Å². The normalized spacial score (nSPS) is 12.8. The molecule has 1 aromatic rings. The van der Waals surface area contributed by atoms with E-state index in [9.17, 15) is 9.59 Å². The van der Waals surface area contributed by atoms with Crippen LogP contribution in [0, 0.1) is 12.8 Å². The van der Waals surface area contributed by atoms with Gasteiger partial charge in [-0.15, -0.1) is 11.8 Å². The molecule has 0 heterocycles. The first kappa shape index (κ1) is 16.8. The van der Waals surface area contributed by atoms with Crippen molar-refractivity contribution in [3.05, 3.63) is 29.8 Å². The lowest BCUT2D eigenvalue weighted by molar-refractivity contribution is -0.160. The minimum absolute atomic E-state index is 0.104. The van der Waals surface area contributed by atoms with E-state index in [1.807, 2.05) is 31.2 Å². The Morgan fingerprint density at radius 2 is 1.85 bits per heavy atom. The van der Waals surface area contributed by atoms with Crippen molar-refractivity contribution >= 4 is 23.5 Å². The molecule has 0 radical (unpaired) electrons. The molecule has 20 heavy (non-hydrogen) atoms. The van der Waals surface area contributed by atoms with Crippen LogP contribution in [0.15, 0.2) is 29.2 Å². The number of esters is 1.